The van der Waals surface area contributed by atoms with E-state index in [9.17, 15) is 9.59 Å². The van der Waals surface area contributed by atoms with Gasteiger partial charge < -0.3 is 16.2 Å². The fourth-order valence-electron chi connectivity index (χ4n) is 1.12. The lowest BCUT2D eigenvalue weighted by Gasteiger charge is -2.41. The van der Waals surface area contributed by atoms with Crippen LogP contribution in [0.3, 0.4) is 0 Å². The summed E-state index contributed by atoms with van der Waals surface area (Å²) in [5.74, 6) is -0.417. The summed E-state index contributed by atoms with van der Waals surface area (Å²) in [4.78, 5) is 22.5. The highest BCUT2D eigenvalue weighted by Crippen LogP contribution is 2.19. The second-order valence-electron chi connectivity index (χ2n) is 3.75. The first-order chi connectivity index (χ1) is 6.71. The van der Waals surface area contributed by atoms with Gasteiger partial charge in [0.2, 0.25) is 0 Å². The van der Waals surface area contributed by atoms with E-state index in [1.807, 2.05) is 0 Å². The van der Waals surface area contributed by atoms with Gasteiger partial charge >= 0.3 is 6.09 Å². The molecular weight excluding hydrogens is 198 g/mol. The number of alkyl carbamates (subject to hydrolysis) is 1. The number of carbonyl (C=O) groups excluding carboxylic acids is 2. The molecule has 0 heterocycles. The molecule has 6 nitrogen and oxygen atoms in total. The first kappa shape index (κ1) is 13.9. The summed E-state index contributed by atoms with van der Waals surface area (Å²) in [5, 5.41) is 2.28. The van der Waals surface area contributed by atoms with E-state index >= 15 is 0 Å². The van der Waals surface area contributed by atoms with Crippen molar-refractivity contribution in [2.24, 2.45) is 11.5 Å². The lowest BCUT2D eigenvalue weighted by atomic mass is 9.82. The zero-order valence-corrected chi connectivity index (χ0v) is 9.59. The van der Waals surface area contributed by atoms with Crippen LogP contribution in [0.1, 0.15) is 27.2 Å². The molecule has 0 aliphatic heterocycles. The molecule has 0 aliphatic rings. The van der Waals surface area contributed by atoms with Crippen LogP contribution >= 0.6 is 0 Å². The molecule has 5 N–H and O–H groups in total. The highest BCUT2D eigenvalue weighted by Gasteiger charge is 2.47. The third-order valence-corrected chi connectivity index (χ3v) is 2.68. The molecule has 0 saturated heterocycles. The second kappa shape index (κ2) is 4.59. The molecule has 0 aromatic heterocycles. The summed E-state index contributed by atoms with van der Waals surface area (Å²) in [6.07, 6.45) is -0.342. The number of carbonyl (C=O) groups is 2. The smallest absolute Gasteiger partial charge is 0.408 e. The molecule has 0 aliphatic carbocycles. The Morgan fingerprint density at radius 1 is 1.40 bits per heavy atom. The third-order valence-electron chi connectivity index (χ3n) is 2.68. The van der Waals surface area contributed by atoms with Gasteiger partial charge in [-0.05, 0) is 20.3 Å². The fourth-order valence-corrected chi connectivity index (χ4v) is 1.12. The van der Waals surface area contributed by atoms with E-state index < -0.39 is 23.1 Å². The first-order valence-electron chi connectivity index (χ1n) is 4.66. The molecule has 0 rings (SSSR count). The maximum atomic E-state index is 11.4. The second-order valence-corrected chi connectivity index (χ2v) is 3.75. The minimum absolute atomic E-state index is 0.417. The maximum absolute atomic E-state index is 11.4. The zero-order chi connectivity index (χ0) is 12.3. The average molecular weight is 217 g/mol. The van der Waals surface area contributed by atoms with Crippen molar-refractivity contribution in [1.29, 1.82) is 0 Å². The fraction of sp³-hybridized carbons (Fsp3) is 0.778. The Balaban J connectivity index is 5.07. The number of hydrogen-bond donors (Lipinski definition) is 3. The van der Waals surface area contributed by atoms with Crippen molar-refractivity contribution in [3.8, 4) is 0 Å². The van der Waals surface area contributed by atoms with Gasteiger partial charge in [-0.3, -0.25) is 10.1 Å². The number of rotatable bonds is 4. The molecule has 0 fully saturated rings. The number of methoxy groups -OCH3 is 1. The van der Waals surface area contributed by atoms with Gasteiger partial charge in [-0.25, -0.2) is 4.79 Å². The van der Waals surface area contributed by atoms with Crippen LogP contribution in [0.15, 0.2) is 0 Å². The Labute approximate surface area is 89.3 Å². The van der Waals surface area contributed by atoms with Crippen LogP contribution in [0.5, 0.6) is 0 Å². The number of ketones is 1. The summed E-state index contributed by atoms with van der Waals surface area (Å²) in [7, 11) is 1.19. The van der Waals surface area contributed by atoms with Crippen molar-refractivity contribution in [2.45, 2.75) is 38.4 Å². The standard InChI is InChI=1S/C9H19N3O3/c1-5-8(3,10)9(11,6(2)13)12-7(14)15-4/h5,10-11H2,1-4H3,(H,12,14)/t8-,9-/m1/s1. The monoisotopic (exact) mass is 217 g/mol. The highest BCUT2D eigenvalue weighted by atomic mass is 16.5. The van der Waals surface area contributed by atoms with Gasteiger partial charge in [0, 0.05) is 0 Å². The number of nitrogens with one attached hydrogen (secondary N) is 1. The van der Waals surface area contributed by atoms with Gasteiger partial charge in [0.15, 0.2) is 11.4 Å². The van der Waals surface area contributed by atoms with Crippen molar-refractivity contribution in [1.82, 2.24) is 5.32 Å². The molecule has 0 radical (unpaired) electrons. The minimum atomic E-state index is -1.62. The first-order valence-corrected chi connectivity index (χ1v) is 4.66. The number of nitrogens with two attached hydrogens (primary N) is 2. The zero-order valence-electron chi connectivity index (χ0n) is 9.59. The van der Waals surface area contributed by atoms with Gasteiger partial charge in [0.05, 0.1) is 12.6 Å². The van der Waals surface area contributed by atoms with Crippen molar-refractivity contribution in [3.05, 3.63) is 0 Å². The largest absolute Gasteiger partial charge is 0.453 e. The van der Waals surface area contributed by atoms with E-state index in [1.165, 1.54) is 14.0 Å². The quantitative estimate of drug-likeness (QED) is 0.561. The minimum Gasteiger partial charge on any atom is -0.453 e. The summed E-state index contributed by atoms with van der Waals surface area (Å²) < 4.78 is 4.40. The SMILES string of the molecule is CC[C@@](C)(N)[C@](N)(NC(=O)OC)C(C)=O. The third kappa shape index (κ3) is 2.66. The van der Waals surface area contributed by atoms with E-state index in [0.29, 0.717) is 6.42 Å². The number of ether oxygens (including phenoxy) is 1. The molecular formula is C9H19N3O3. The van der Waals surface area contributed by atoms with E-state index in [1.54, 1.807) is 13.8 Å². The van der Waals surface area contributed by atoms with Gasteiger partial charge in [-0.15, -0.1) is 0 Å². The Morgan fingerprint density at radius 3 is 2.13 bits per heavy atom. The maximum Gasteiger partial charge on any atom is 0.408 e. The molecule has 0 spiro atoms. The van der Waals surface area contributed by atoms with Gasteiger partial charge in [-0.2, -0.15) is 0 Å². The molecule has 6 heteroatoms. The molecule has 2 atom stereocenters. The molecule has 0 aromatic carbocycles. The normalized spacial score (nSPS) is 18.5. The van der Waals surface area contributed by atoms with Gasteiger partial charge in [-0.1, -0.05) is 6.92 Å². The summed E-state index contributed by atoms with van der Waals surface area (Å²) in [5.41, 5.74) is 9.05. The number of Topliss-reactive ketones (excluding diaryl/α,β-unsaturated/α-hetero) is 1. The molecule has 0 bridgehead atoms. The van der Waals surface area contributed by atoms with E-state index in [4.69, 9.17) is 11.5 Å². The van der Waals surface area contributed by atoms with Crippen LogP contribution in [-0.2, 0) is 9.53 Å². The number of hydrogen-bond acceptors (Lipinski definition) is 5. The molecule has 1 amide bonds. The van der Waals surface area contributed by atoms with Crippen LogP contribution in [0.2, 0.25) is 0 Å². The van der Waals surface area contributed by atoms with Gasteiger partial charge in [0.25, 0.3) is 0 Å². The lowest BCUT2D eigenvalue weighted by Crippen LogP contribution is -2.76. The molecule has 0 aromatic rings. The molecule has 0 unspecified atom stereocenters. The van der Waals surface area contributed by atoms with Crippen LogP contribution in [-0.4, -0.2) is 30.2 Å². The Morgan fingerprint density at radius 2 is 1.87 bits per heavy atom. The molecule has 15 heavy (non-hydrogen) atoms. The predicted octanol–water partition coefficient (Wildman–Crippen LogP) is -0.286. The van der Waals surface area contributed by atoms with Gasteiger partial charge in [0.1, 0.15) is 0 Å². The summed E-state index contributed by atoms with van der Waals surface area (Å²) in [6, 6.07) is 0. The lowest BCUT2D eigenvalue weighted by molar-refractivity contribution is -0.125. The van der Waals surface area contributed by atoms with Crippen molar-refractivity contribution in [3.63, 3.8) is 0 Å². The van der Waals surface area contributed by atoms with E-state index in [2.05, 4.69) is 10.1 Å². The van der Waals surface area contributed by atoms with E-state index in [0.717, 1.165) is 0 Å². The van der Waals surface area contributed by atoms with Crippen molar-refractivity contribution >= 4 is 11.9 Å². The molecule has 88 valence electrons. The number of amides is 1. The van der Waals surface area contributed by atoms with Crippen molar-refractivity contribution < 1.29 is 14.3 Å². The Kier molecular flexibility index (Phi) is 4.24. The summed E-state index contributed by atoms with van der Waals surface area (Å²) in [6.45, 7) is 4.66. The highest BCUT2D eigenvalue weighted by molar-refractivity contribution is 5.90. The topological polar surface area (TPSA) is 107 Å². The van der Waals surface area contributed by atoms with Crippen LogP contribution in [0.4, 0.5) is 4.79 Å². The molecule has 0 saturated carbocycles. The average Bonchev–Trinajstić information content (AvgIpc) is 2.16. The van der Waals surface area contributed by atoms with Crippen LogP contribution in [0.25, 0.3) is 0 Å². The van der Waals surface area contributed by atoms with Crippen LogP contribution < -0.4 is 16.8 Å². The van der Waals surface area contributed by atoms with Crippen LogP contribution in [0, 0.1) is 0 Å². The van der Waals surface area contributed by atoms with Crippen molar-refractivity contribution in [2.75, 3.05) is 7.11 Å². The predicted molar refractivity (Wildman–Crippen MR) is 56.0 cm³/mol. The Hall–Kier alpha value is -1.14. The summed E-state index contributed by atoms with van der Waals surface area (Å²) >= 11 is 0. The van der Waals surface area contributed by atoms with E-state index in [-0.39, 0.29) is 0 Å². The Bertz CT molecular complexity index is 265.